The van der Waals surface area contributed by atoms with Crippen molar-refractivity contribution in [3.63, 3.8) is 0 Å². The minimum absolute atomic E-state index is 0.102. The topological polar surface area (TPSA) is 34.0 Å². The summed E-state index contributed by atoms with van der Waals surface area (Å²) >= 11 is 0. The molecule has 0 atom stereocenters. The lowest BCUT2D eigenvalue weighted by atomic mass is 10.2. The summed E-state index contributed by atoms with van der Waals surface area (Å²) in [5, 5.41) is 3.11. The van der Waals surface area contributed by atoms with Crippen LogP contribution < -0.4 is 10.7 Å². The van der Waals surface area contributed by atoms with E-state index in [-0.39, 0.29) is 5.43 Å². The van der Waals surface area contributed by atoms with Crippen molar-refractivity contribution >= 4 is 0 Å². The summed E-state index contributed by atoms with van der Waals surface area (Å²) in [6.07, 6.45) is 1.08. The molecule has 0 spiro atoms. The molecule has 78 valence electrons. The molecule has 0 aliphatic carbocycles. The van der Waals surface area contributed by atoms with Crippen molar-refractivity contribution in [2.45, 2.75) is 26.8 Å². The number of pyridine rings is 1. The standard InChI is InChI=1S/C11H18N2O/c1-9-7-11(14)8-10(2)13(9)6-4-5-12-3/h7-8,12H,4-6H2,1-3H3. The number of hydrogen-bond acceptors (Lipinski definition) is 2. The summed E-state index contributed by atoms with van der Waals surface area (Å²) in [6.45, 7) is 5.94. The zero-order valence-corrected chi connectivity index (χ0v) is 9.13. The summed E-state index contributed by atoms with van der Waals surface area (Å²) in [5.41, 5.74) is 2.20. The first kappa shape index (κ1) is 11.0. The molecule has 0 aliphatic rings. The Bertz CT molecular complexity index is 329. The van der Waals surface area contributed by atoms with Gasteiger partial charge in [0.2, 0.25) is 0 Å². The minimum Gasteiger partial charge on any atom is -0.349 e. The van der Waals surface area contributed by atoms with Crippen molar-refractivity contribution in [3.8, 4) is 0 Å². The summed E-state index contributed by atoms with van der Waals surface area (Å²) in [7, 11) is 1.95. The largest absolute Gasteiger partial charge is 0.349 e. The third-order valence-corrected chi connectivity index (χ3v) is 2.36. The van der Waals surface area contributed by atoms with Gasteiger partial charge in [-0.2, -0.15) is 0 Å². The van der Waals surface area contributed by atoms with E-state index >= 15 is 0 Å². The molecule has 0 unspecified atom stereocenters. The second-order valence-corrected chi connectivity index (χ2v) is 3.58. The van der Waals surface area contributed by atoms with Crippen molar-refractivity contribution in [3.05, 3.63) is 33.7 Å². The van der Waals surface area contributed by atoms with Gasteiger partial charge in [0, 0.05) is 30.1 Å². The highest BCUT2D eigenvalue weighted by Crippen LogP contribution is 2.02. The number of nitrogens with one attached hydrogen (secondary N) is 1. The van der Waals surface area contributed by atoms with Gasteiger partial charge in [-0.05, 0) is 33.9 Å². The maximum Gasteiger partial charge on any atom is 0.182 e. The van der Waals surface area contributed by atoms with Gasteiger partial charge >= 0.3 is 0 Å². The Morgan fingerprint density at radius 1 is 1.29 bits per heavy atom. The lowest BCUT2D eigenvalue weighted by Gasteiger charge is -2.13. The summed E-state index contributed by atoms with van der Waals surface area (Å²) in [5.74, 6) is 0. The van der Waals surface area contributed by atoms with E-state index in [1.165, 1.54) is 0 Å². The van der Waals surface area contributed by atoms with E-state index in [2.05, 4.69) is 9.88 Å². The second-order valence-electron chi connectivity index (χ2n) is 3.58. The number of aromatic nitrogens is 1. The van der Waals surface area contributed by atoms with Crippen LogP contribution in [0.1, 0.15) is 17.8 Å². The van der Waals surface area contributed by atoms with Gasteiger partial charge in [-0.1, -0.05) is 0 Å². The smallest absolute Gasteiger partial charge is 0.182 e. The molecular formula is C11H18N2O. The maximum atomic E-state index is 11.2. The van der Waals surface area contributed by atoms with Crippen molar-refractivity contribution in [1.82, 2.24) is 9.88 Å². The Labute approximate surface area is 84.8 Å². The van der Waals surface area contributed by atoms with E-state index in [1.54, 1.807) is 12.1 Å². The van der Waals surface area contributed by atoms with Gasteiger partial charge in [-0.25, -0.2) is 0 Å². The lowest BCUT2D eigenvalue weighted by Crippen LogP contribution is -2.16. The van der Waals surface area contributed by atoms with Crippen molar-refractivity contribution in [2.75, 3.05) is 13.6 Å². The third kappa shape index (κ3) is 2.70. The second kappa shape index (κ2) is 4.96. The van der Waals surface area contributed by atoms with Gasteiger partial charge in [-0.3, -0.25) is 4.79 Å². The van der Waals surface area contributed by atoms with Gasteiger partial charge in [0.05, 0.1) is 0 Å². The van der Waals surface area contributed by atoms with Crippen LogP contribution in [-0.4, -0.2) is 18.2 Å². The molecule has 1 rings (SSSR count). The molecule has 1 N–H and O–H groups in total. The molecule has 0 radical (unpaired) electrons. The van der Waals surface area contributed by atoms with Crippen LogP contribution in [0.3, 0.4) is 0 Å². The summed E-state index contributed by atoms with van der Waals surface area (Å²) in [6, 6.07) is 3.37. The Morgan fingerprint density at radius 2 is 1.86 bits per heavy atom. The molecule has 0 aliphatic heterocycles. The molecular weight excluding hydrogens is 176 g/mol. The number of aryl methyl sites for hydroxylation is 2. The highest BCUT2D eigenvalue weighted by molar-refractivity contribution is 5.12. The van der Waals surface area contributed by atoms with Crippen LogP contribution in [0.25, 0.3) is 0 Å². The average Bonchev–Trinajstić information content (AvgIpc) is 2.09. The molecule has 0 amide bonds. The normalized spacial score (nSPS) is 10.5. The molecule has 3 heteroatoms. The number of rotatable bonds is 4. The predicted octanol–water partition coefficient (Wildman–Crippen LogP) is 1.07. The lowest BCUT2D eigenvalue weighted by molar-refractivity contribution is 0.586. The van der Waals surface area contributed by atoms with Crippen LogP contribution in [0, 0.1) is 13.8 Å². The SMILES string of the molecule is CNCCCn1c(C)cc(=O)cc1C. The Kier molecular flexibility index (Phi) is 3.89. The Balaban J connectivity index is 2.80. The minimum atomic E-state index is 0.102. The van der Waals surface area contributed by atoms with E-state index in [4.69, 9.17) is 0 Å². The molecule has 3 nitrogen and oxygen atoms in total. The third-order valence-electron chi connectivity index (χ3n) is 2.36. The first-order chi connectivity index (χ1) is 6.65. The highest BCUT2D eigenvalue weighted by Gasteiger charge is 2.00. The monoisotopic (exact) mass is 194 g/mol. The quantitative estimate of drug-likeness (QED) is 0.728. The Hall–Kier alpha value is -1.09. The molecule has 1 aromatic heterocycles. The van der Waals surface area contributed by atoms with Crippen LogP contribution in [0.4, 0.5) is 0 Å². The van der Waals surface area contributed by atoms with Crippen molar-refractivity contribution in [1.29, 1.82) is 0 Å². The summed E-state index contributed by atoms with van der Waals surface area (Å²) < 4.78 is 2.18. The fourth-order valence-electron chi connectivity index (χ4n) is 1.65. The number of nitrogens with zero attached hydrogens (tertiary/aromatic N) is 1. The molecule has 1 heterocycles. The van der Waals surface area contributed by atoms with Crippen molar-refractivity contribution in [2.24, 2.45) is 0 Å². The van der Waals surface area contributed by atoms with Gasteiger partial charge in [0.1, 0.15) is 0 Å². The van der Waals surface area contributed by atoms with Crippen LogP contribution in [-0.2, 0) is 6.54 Å². The first-order valence-electron chi connectivity index (χ1n) is 4.98. The van der Waals surface area contributed by atoms with Crippen LogP contribution in [0.2, 0.25) is 0 Å². The molecule has 0 bridgehead atoms. The van der Waals surface area contributed by atoms with Gasteiger partial charge in [0.15, 0.2) is 5.43 Å². The molecule has 0 saturated heterocycles. The Morgan fingerprint density at radius 3 is 2.36 bits per heavy atom. The van der Waals surface area contributed by atoms with E-state index in [1.807, 2.05) is 20.9 Å². The maximum absolute atomic E-state index is 11.2. The van der Waals surface area contributed by atoms with E-state index < -0.39 is 0 Å². The van der Waals surface area contributed by atoms with E-state index in [0.717, 1.165) is 30.9 Å². The molecule has 0 aromatic carbocycles. The molecule has 14 heavy (non-hydrogen) atoms. The predicted molar refractivity (Wildman–Crippen MR) is 58.7 cm³/mol. The van der Waals surface area contributed by atoms with E-state index in [0.29, 0.717) is 0 Å². The van der Waals surface area contributed by atoms with Crippen molar-refractivity contribution < 1.29 is 0 Å². The zero-order valence-electron chi connectivity index (χ0n) is 9.13. The van der Waals surface area contributed by atoms with Gasteiger partial charge in [-0.15, -0.1) is 0 Å². The van der Waals surface area contributed by atoms with Gasteiger partial charge < -0.3 is 9.88 Å². The van der Waals surface area contributed by atoms with Crippen LogP contribution >= 0.6 is 0 Å². The van der Waals surface area contributed by atoms with Crippen LogP contribution in [0.5, 0.6) is 0 Å². The highest BCUT2D eigenvalue weighted by atomic mass is 16.1. The fraction of sp³-hybridized carbons (Fsp3) is 0.545. The van der Waals surface area contributed by atoms with E-state index in [9.17, 15) is 4.79 Å². The molecule has 0 saturated carbocycles. The van der Waals surface area contributed by atoms with Crippen LogP contribution in [0.15, 0.2) is 16.9 Å². The molecule has 1 aromatic rings. The molecule has 0 fully saturated rings. The number of hydrogen-bond donors (Lipinski definition) is 1. The first-order valence-corrected chi connectivity index (χ1v) is 4.98. The average molecular weight is 194 g/mol. The summed E-state index contributed by atoms with van der Waals surface area (Å²) in [4.78, 5) is 11.2. The van der Waals surface area contributed by atoms with Gasteiger partial charge in [0.25, 0.3) is 0 Å². The zero-order chi connectivity index (χ0) is 10.6. The fourth-order valence-corrected chi connectivity index (χ4v) is 1.65.